The van der Waals surface area contributed by atoms with E-state index in [2.05, 4.69) is 36.6 Å². The lowest BCUT2D eigenvalue weighted by molar-refractivity contribution is -0.940. The molecule has 2 amide bonds. The van der Waals surface area contributed by atoms with Crippen molar-refractivity contribution in [3.8, 4) is 0 Å². The lowest BCUT2D eigenvalue weighted by Crippen LogP contribution is -3.00. The van der Waals surface area contributed by atoms with E-state index in [1.807, 2.05) is 31.2 Å². The minimum atomic E-state index is -0.489. The Morgan fingerprint density at radius 3 is 2.47 bits per heavy atom. The fraction of sp³-hybridized carbons (Fsp3) is 0.464. The van der Waals surface area contributed by atoms with E-state index in [1.165, 1.54) is 7.11 Å². The lowest BCUT2D eigenvalue weighted by Gasteiger charge is -2.43. The first-order valence-corrected chi connectivity index (χ1v) is 12.4. The first kappa shape index (κ1) is 29.5. The summed E-state index contributed by atoms with van der Waals surface area (Å²) in [5.74, 6) is -0.347. The number of hydrogen-bond donors (Lipinski definition) is 2. The van der Waals surface area contributed by atoms with Crippen LogP contribution in [0.15, 0.2) is 48.5 Å². The maximum Gasteiger partial charge on any atom is 0.339 e. The van der Waals surface area contributed by atoms with Crippen molar-refractivity contribution in [2.75, 3.05) is 38.6 Å². The van der Waals surface area contributed by atoms with Gasteiger partial charge in [0, 0.05) is 12.1 Å². The van der Waals surface area contributed by atoms with E-state index in [0.29, 0.717) is 41.3 Å². The molecule has 0 spiro atoms. The van der Waals surface area contributed by atoms with Crippen molar-refractivity contribution in [2.45, 2.75) is 40.2 Å². The largest absolute Gasteiger partial charge is 1.00 e. The molecule has 2 atom stereocenters. The minimum Gasteiger partial charge on any atom is -1.00 e. The SMILES string of the molecule is COC(=O)c1cccc(C)c1NC(=O)C[N+]1(Cc2ccccc2)CCCC(C(=O)NCC(C)C)C1.[Br-]. The quantitative estimate of drug-likeness (QED) is 0.353. The van der Waals surface area contributed by atoms with E-state index < -0.39 is 5.97 Å². The average molecular weight is 561 g/mol. The molecule has 0 bridgehead atoms. The second-order valence-electron chi connectivity index (χ2n) is 10.1. The van der Waals surface area contributed by atoms with Gasteiger partial charge in [0.2, 0.25) is 5.91 Å². The Balaban J connectivity index is 0.00000456. The van der Waals surface area contributed by atoms with Crippen LogP contribution in [-0.4, -0.2) is 55.6 Å². The van der Waals surface area contributed by atoms with Crippen molar-refractivity contribution in [2.24, 2.45) is 11.8 Å². The third kappa shape index (κ3) is 7.90. The van der Waals surface area contributed by atoms with Crippen LogP contribution in [0.3, 0.4) is 0 Å². The molecule has 7 nitrogen and oxygen atoms in total. The molecule has 8 heteroatoms. The van der Waals surface area contributed by atoms with Gasteiger partial charge in [-0.3, -0.25) is 9.59 Å². The number of halogens is 1. The highest BCUT2D eigenvalue weighted by molar-refractivity contribution is 6.02. The van der Waals surface area contributed by atoms with Crippen LogP contribution in [0, 0.1) is 18.8 Å². The van der Waals surface area contributed by atoms with Gasteiger partial charge in [-0.2, -0.15) is 0 Å². The maximum atomic E-state index is 13.4. The van der Waals surface area contributed by atoms with Crippen LogP contribution >= 0.6 is 0 Å². The first-order chi connectivity index (χ1) is 16.7. The molecule has 0 radical (unpaired) electrons. The van der Waals surface area contributed by atoms with Gasteiger partial charge in [0.15, 0.2) is 6.54 Å². The van der Waals surface area contributed by atoms with Crippen LogP contribution in [0.2, 0.25) is 0 Å². The number of anilines is 1. The van der Waals surface area contributed by atoms with E-state index >= 15 is 0 Å². The lowest BCUT2D eigenvalue weighted by atomic mass is 9.93. The Labute approximate surface area is 225 Å². The van der Waals surface area contributed by atoms with Crippen molar-refractivity contribution in [3.63, 3.8) is 0 Å². The molecule has 2 aromatic carbocycles. The molecule has 0 aliphatic carbocycles. The van der Waals surface area contributed by atoms with E-state index in [-0.39, 0.29) is 41.3 Å². The number of benzene rings is 2. The van der Waals surface area contributed by atoms with Crippen LogP contribution in [0.4, 0.5) is 5.69 Å². The zero-order valence-electron chi connectivity index (χ0n) is 21.7. The van der Waals surface area contributed by atoms with Crippen molar-refractivity contribution in [3.05, 3.63) is 65.2 Å². The summed E-state index contributed by atoms with van der Waals surface area (Å²) in [7, 11) is 1.33. The van der Waals surface area contributed by atoms with Gasteiger partial charge in [0.1, 0.15) is 6.54 Å². The standard InChI is InChI=1S/C28H37N3O4.BrH/c1-20(2)16-29-27(33)23-13-9-15-31(18-23,17-22-11-6-5-7-12-22)19-25(32)30-26-21(3)10-8-14-24(26)28(34)35-4;/h5-8,10-12,14,20,23H,9,13,15-19H2,1-4H3,(H-,29,30,32,33,34);1H. The maximum absolute atomic E-state index is 13.4. The number of methoxy groups -OCH3 is 1. The number of nitrogens with zero attached hydrogens (tertiary/aromatic N) is 1. The second-order valence-corrected chi connectivity index (χ2v) is 10.1. The highest BCUT2D eigenvalue weighted by Crippen LogP contribution is 2.28. The molecule has 1 heterocycles. The van der Waals surface area contributed by atoms with Gasteiger partial charge in [-0.15, -0.1) is 0 Å². The zero-order valence-corrected chi connectivity index (χ0v) is 23.3. The summed E-state index contributed by atoms with van der Waals surface area (Å²) in [5.41, 5.74) is 2.74. The van der Waals surface area contributed by atoms with Crippen LogP contribution in [0.1, 0.15) is 48.2 Å². The molecule has 2 aromatic rings. The van der Waals surface area contributed by atoms with E-state index in [0.717, 1.165) is 30.5 Å². The first-order valence-electron chi connectivity index (χ1n) is 12.4. The van der Waals surface area contributed by atoms with Gasteiger partial charge in [-0.25, -0.2) is 4.79 Å². The molecular formula is C28H38BrN3O4. The van der Waals surface area contributed by atoms with Crippen LogP contribution in [-0.2, 0) is 20.9 Å². The van der Waals surface area contributed by atoms with Crippen molar-refractivity contribution in [1.29, 1.82) is 0 Å². The molecule has 196 valence electrons. The Morgan fingerprint density at radius 2 is 1.81 bits per heavy atom. The van der Waals surface area contributed by atoms with Crippen molar-refractivity contribution >= 4 is 23.5 Å². The Kier molecular flexibility index (Phi) is 11.1. The molecule has 1 saturated heterocycles. The smallest absolute Gasteiger partial charge is 0.339 e. The molecule has 2 unspecified atom stereocenters. The summed E-state index contributed by atoms with van der Waals surface area (Å²) in [6, 6.07) is 15.4. The zero-order chi connectivity index (χ0) is 25.4. The number of likely N-dealkylation sites (tertiary alicyclic amines) is 1. The number of amides is 2. The van der Waals surface area contributed by atoms with Crippen LogP contribution in [0.25, 0.3) is 0 Å². The number of carbonyl (C=O) groups excluding carboxylic acids is 3. The number of hydrogen-bond acceptors (Lipinski definition) is 4. The second kappa shape index (κ2) is 13.6. The number of esters is 1. The Morgan fingerprint density at radius 1 is 1.08 bits per heavy atom. The molecule has 2 N–H and O–H groups in total. The fourth-order valence-corrected chi connectivity index (χ4v) is 4.90. The molecular weight excluding hydrogens is 522 g/mol. The van der Waals surface area contributed by atoms with E-state index in [9.17, 15) is 14.4 Å². The molecule has 36 heavy (non-hydrogen) atoms. The summed E-state index contributed by atoms with van der Waals surface area (Å²) in [6.07, 6.45) is 1.70. The van der Waals surface area contributed by atoms with Gasteiger partial charge in [-0.05, 0) is 37.3 Å². The highest BCUT2D eigenvalue weighted by Gasteiger charge is 2.40. The van der Waals surface area contributed by atoms with Gasteiger partial charge >= 0.3 is 5.97 Å². The van der Waals surface area contributed by atoms with Gasteiger partial charge < -0.3 is 36.8 Å². The van der Waals surface area contributed by atoms with Crippen molar-refractivity contribution < 1.29 is 40.6 Å². The predicted octanol–water partition coefficient (Wildman–Crippen LogP) is 0.923. The normalized spacial score (nSPS) is 19.2. The highest BCUT2D eigenvalue weighted by atomic mass is 79.9. The number of carbonyl (C=O) groups is 3. The molecule has 1 aliphatic heterocycles. The van der Waals surface area contributed by atoms with Gasteiger partial charge in [-0.1, -0.05) is 56.3 Å². The molecule has 1 fully saturated rings. The van der Waals surface area contributed by atoms with Gasteiger partial charge in [0.25, 0.3) is 5.91 Å². The number of quaternary nitrogens is 1. The number of piperidine rings is 1. The van der Waals surface area contributed by atoms with E-state index in [1.54, 1.807) is 12.1 Å². The monoisotopic (exact) mass is 559 g/mol. The topological polar surface area (TPSA) is 84.5 Å². The van der Waals surface area contributed by atoms with Gasteiger partial charge in [0.05, 0.1) is 37.4 Å². The summed E-state index contributed by atoms with van der Waals surface area (Å²) in [4.78, 5) is 38.6. The summed E-state index contributed by atoms with van der Waals surface area (Å²) >= 11 is 0. The number of ether oxygens (including phenoxy) is 1. The number of aryl methyl sites for hydroxylation is 1. The summed E-state index contributed by atoms with van der Waals surface area (Å²) in [6.45, 7) is 8.96. The van der Waals surface area contributed by atoms with Crippen LogP contribution < -0.4 is 27.6 Å². The molecule has 3 rings (SSSR count). The van der Waals surface area contributed by atoms with Crippen molar-refractivity contribution in [1.82, 2.24) is 5.32 Å². The molecule has 0 aromatic heterocycles. The third-order valence-electron chi connectivity index (χ3n) is 6.63. The Hall–Kier alpha value is -2.71. The minimum absolute atomic E-state index is 0. The average Bonchev–Trinajstić information content (AvgIpc) is 2.83. The Bertz CT molecular complexity index is 1040. The summed E-state index contributed by atoms with van der Waals surface area (Å²) in [5, 5.41) is 6.06. The summed E-state index contributed by atoms with van der Waals surface area (Å²) < 4.78 is 5.40. The predicted molar refractivity (Wildman–Crippen MR) is 137 cm³/mol. The number of nitrogens with one attached hydrogen (secondary N) is 2. The van der Waals surface area contributed by atoms with Crippen LogP contribution in [0.5, 0.6) is 0 Å². The van der Waals surface area contributed by atoms with E-state index in [4.69, 9.17) is 4.74 Å². The number of rotatable bonds is 9. The number of para-hydroxylation sites is 1. The fourth-order valence-electron chi connectivity index (χ4n) is 4.90. The molecule has 0 saturated carbocycles. The third-order valence-corrected chi connectivity index (χ3v) is 6.63. The molecule has 1 aliphatic rings.